The van der Waals surface area contributed by atoms with Crippen LogP contribution in [0.15, 0.2) is 47.6 Å². The summed E-state index contributed by atoms with van der Waals surface area (Å²) in [6.45, 7) is 1.55. The van der Waals surface area contributed by atoms with E-state index in [4.69, 9.17) is 0 Å². The second kappa shape index (κ2) is 8.65. The van der Waals surface area contributed by atoms with E-state index in [-0.39, 0.29) is 17.3 Å². The number of hydrogen-bond donors (Lipinski definition) is 1. The van der Waals surface area contributed by atoms with Crippen molar-refractivity contribution in [2.24, 2.45) is 0 Å². The van der Waals surface area contributed by atoms with E-state index >= 15 is 0 Å². The standard InChI is InChI=1S/C19H20F3N3OS/c20-19(21,22)14-7-8-16(25-10-4-1-5-11-25)15(12-14)24-17(26)13-27-18-6-2-3-9-23-18/h2-3,6-9,12H,1,4-5,10-11,13H2,(H,24,26). The lowest BCUT2D eigenvalue weighted by molar-refractivity contribution is -0.137. The number of thioether (sulfide) groups is 1. The lowest BCUT2D eigenvalue weighted by Crippen LogP contribution is -2.30. The van der Waals surface area contributed by atoms with Crippen molar-refractivity contribution in [1.29, 1.82) is 0 Å². The average Bonchev–Trinajstić information content (AvgIpc) is 2.67. The Hall–Kier alpha value is -2.22. The molecule has 2 heterocycles. The molecule has 0 aliphatic carbocycles. The van der Waals surface area contributed by atoms with E-state index in [0.29, 0.717) is 10.7 Å². The second-order valence-electron chi connectivity index (χ2n) is 6.28. The van der Waals surface area contributed by atoms with Crippen LogP contribution < -0.4 is 10.2 Å². The number of hydrogen-bond acceptors (Lipinski definition) is 4. The van der Waals surface area contributed by atoms with Crippen molar-refractivity contribution >= 4 is 29.0 Å². The largest absolute Gasteiger partial charge is 0.416 e. The highest BCUT2D eigenvalue weighted by Gasteiger charge is 2.31. The zero-order valence-electron chi connectivity index (χ0n) is 14.6. The summed E-state index contributed by atoms with van der Waals surface area (Å²) in [7, 11) is 0. The fourth-order valence-electron chi connectivity index (χ4n) is 2.98. The summed E-state index contributed by atoms with van der Waals surface area (Å²) in [5.74, 6) is -0.282. The SMILES string of the molecule is O=C(CSc1ccccn1)Nc1cc(C(F)(F)F)ccc1N1CCCCC1. The van der Waals surface area contributed by atoms with Crippen LogP contribution in [0.25, 0.3) is 0 Å². The number of nitrogens with zero attached hydrogens (tertiary/aromatic N) is 2. The van der Waals surface area contributed by atoms with Gasteiger partial charge in [-0.2, -0.15) is 13.2 Å². The molecule has 8 heteroatoms. The maximum Gasteiger partial charge on any atom is 0.416 e. The Balaban J connectivity index is 1.76. The number of piperidine rings is 1. The van der Waals surface area contributed by atoms with E-state index < -0.39 is 11.7 Å². The lowest BCUT2D eigenvalue weighted by atomic mass is 10.1. The molecule has 0 spiro atoms. The molecule has 1 aliphatic heterocycles. The van der Waals surface area contributed by atoms with Crippen molar-refractivity contribution in [3.05, 3.63) is 48.2 Å². The first-order valence-electron chi connectivity index (χ1n) is 8.73. The van der Waals surface area contributed by atoms with Crippen LogP contribution >= 0.6 is 11.8 Å². The minimum Gasteiger partial charge on any atom is -0.370 e. The summed E-state index contributed by atoms with van der Waals surface area (Å²) < 4.78 is 39.3. The zero-order chi connectivity index (χ0) is 19.3. The van der Waals surface area contributed by atoms with Gasteiger partial charge in [-0.15, -0.1) is 0 Å². The van der Waals surface area contributed by atoms with Gasteiger partial charge in [0.25, 0.3) is 0 Å². The minimum atomic E-state index is -4.46. The molecular weight excluding hydrogens is 375 g/mol. The summed E-state index contributed by atoms with van der Waals surface area (Å²) >= 11 is 1.24. The topological polar surface area (TPSA) is 45.2 Å². The Labute approximate surface area is 160 Å². The Morgan fingerprint density at radius 2 is 1.93 bits per heavy atom. The molecule has 144 valence electrons. The van der Waals surface area contributed by atoms with Crippen LogP contribution in [0.2, 0.25) is 0 Å². The number of nitrogens with one attached hydrogen (secondary N) is 1. The number of carbonyl (C=O) groups excluding carboxylic acids is 1. The van der Waals surface area contributed by atoms with Gasteiger partial charge in [-0.3, -0.25) is 4.79 Å². The molecule has 0 saturated carbocycles. The Morgan fingerprint density at radius 1 is 1.15 bits per heavy atom. The lowest BCUT2D eigenvalue weighted by Gasteiger charge is -2.31. The highest BCUT2D eigenvalue weighted by Crippen LogP contribution is 2.36. The number of halogens is 3. The van der Waals surface area contributed by atoms with Crippen LogP contribution in [-0.4, -0.2) is 29.7 Å². The van der Waals surface area contributed by atoms with E-state index in [9.17, 15) is 18.0 Å². The molecule has 1 fully saturated rings. The van der Waals surface area contributed by atoms with Gasteiger partial charge in [-0.05, 0) is 49.6 Å². The van der Waals surface area contributed by atoms with Crippen molar-refractivity contribution in [3.8, 4) is 0 Å². The maximum absolute atomic E-state index is 13.1. The van der Waals surface area contributed by atoms with Crippen LogP contribution in [-0.2, 0) is 11.0 Å². The molecule has 1 aliphatic rings. The summed E-state index contributed by atoms with van der Waals surface area (Å²) in [6, 6.07) is 8.92. The van der Waals surface area contributed by atoms with Gasteiger partial charge in [0, 0.05) is 19.3 Å². The van der Waals surface area contributed by atoms with Crippen molar-refractivity contribution in [2.45, 2.75) is 30.5 Å². The molecule has 1 N–H and O–H groups in total. The third kappa shape index (κ3) is 5.38. The molecule has 1 aromatic carbocycles. The number of benzene rings is 1. The molecule has 0 unspecified atom stereocenters. The molecule has 1 aromatic heterocycles. The molecule has 27 heavy (non-hydrogen) atoms. The van der Waals surface area contributed by atoms with Gasteiger partial charge in [0.05, 0.1) is 27.7 Å². The van der Waals surface area contributed by atoms with E-state index in [1.54, 1.807) is 18.3 Å². The highest BCUT2D eigenvalue weighted by molar-refractivity contribution is 7.99. The number of aromatic nitrogens is 1. The quantitative estimate of drug-likeness (QED) is 0.737. The molecule has 0 bridgehead atoms. The smallest absolute Gasteiger partial charge is 0.370 e. The number of carbonyl (C=O) groups is 1. The fourth-order valence-corrected chi connectivity index (χ4v) is 3.64. The summed E-state index contributed by atoms with van der Waals surface area (Å²) in [5.41, 5.74) is 0.0770. The van der Waals surface area contributed by atoms with Gasteiger partial charge in [-0.25, -0.2) is 4.98 Å². The first kappa shape index (κ1) is 19.5. The zero-order valence-corrected chi connectivity index (χ0v) is 15.4. The monoisotopic (exact) mass is 395 g/mol. The minimum absolute atomic E-state index is 0.0761. The van der Waals surface area contributed by atoms with Crippen molar-refractivity contribution in [2.75, 3.05) is 29.1 Å². The third-order valence-corrected chi connectivity index (χ3v) is 5.23. The first-order valence-corrected chi connectivity index (χ1v) is 9.72. The van der Waals surface area contributed by atoms with Crippen molar-refractivity contribution in [3.63, 3.8) is 0 Å². The third-order valence-electron chi connectivity index (χ3n) is 4.28. The Kier molecular flexibility index (Phi) is 6.26. The number of amides is 1. The molecule has 0 radical (unpaired) electrons. The van der Waals surface area contributed by atoms with E-state index in [1.807, 2.05) is 11.0 Å². The Bertz CT molecular complexity index is 778. The van der Waals surface area contributed by atoms with Crippen LogP contribution in [0, 0.1) is 0 Å². The van der Waals surface area contributed by atoms with Gasteiger partial charge >= 0.3 is 6.18 Å². The van der Waals surface area contributed by atoms with E-state index in [2.05, 4.69) is 10.3 Å². The normalized spacial score (nSPS) is 14.9. The summed E-state index contributed by atoms with van der Waals surface area (Å²) in [6.07, 6.45) is 0.261. The molecular formula is C19H20F3N3OS. The fraction of sp³-hybridized carbons (Fsp3) is 0.368. The Morgan fingerprint density at radius 3 is 2.59 bits per heavy atom. The first-order chi connectivity index (χ1) is 12.9. The molecule has 3 rings (SSSR count). The van der Waals surface area contributed by atoms with Crippen LogP contribution in [0.4, 0.5) is 24.5 Å². The van der Waals surface area contributed by atoms with Gasteiger partial charge in [0.2, 0.25) is 5.91 Å². The number of alkyl halides is 3. The van der Waals surface area contributed by atoms with Gasteiger partial charge in [0.1, 0.15) is 0 Å². The van der Waals surface area contributed by atoms with Crippen LogP contribution in [0.1, 0.15) is 24.8 Å². The van der Waals surface area contributed by atoms with Gasteiger partial charge in [-0.1, -0.05) is 17.8 Å². The second-order valence-corrected chi connectivity index (χ2v) is 7.28. The number of rotatable bonds is 5. The highest BCUT2D eigenvalue weighted by atomic mass is 32.2. The maximum atomic E-state index is 13.1. The molecule has 4 nitrogen and oxygen atoms in total. The predicted molar refractivity (Wildman–Crippen MR) is 101 cm³/mol. The summed E-state index contributed by atoms with van der Waals surface area (Å²) in [5, 5.41) is 3.35. The van der Waals surface area contributed by atoms with Crippen molar-refractivity contribution in [1.82, 2.24) is 4.98 Å². The molecule has 2 aromatic rings. The number of anilines is 2. The van der Waals surface area contributed by atoms with Gasteiger partial charge < -0.3 is 10.2 Å². The molecule has 1 amide bonds. The number of pyridine rings is 1. The van der Waals surface area contributed by atoms with Gasteiger partial charge in [0.15, 0.2) is 0 Å². The average molecular weight is 395 g/mol. The molecule has 0 atom stereocenters. The van der Waals surface area contributed by atoms with Crippen molar-refractivity contribution < 1.29 is 18.0 Å². The van der Waals surface area contributed by atoms with E-state index in [1.165, 1.54) is 17.8 Å². The van der Waals surface area contributed by atoms with Crippen LogP contribution in [0.5, 0.6) is 0 Å². The summed E-state index contributed by atoms with van der Waals surface area (Å²) in [4.78, 5) is 18.5. The molecule has 1 saturated heterocycles. The van der Waals surface area contributed by atoms with E-state index in [0.717, 1.165) is 44.5 Å². The predicted octanol–water partition coefficient (Wildman–Crippen LogP) is 4.82. The van der Waals surface area contributed by atoms with Crippen LogP contribution in [0.3, 0.4) is 0 Å².